The van der Waals surface area contributed by atoms with Crippen LogP contribution in [-0.2, 0) is 9.47 Å². The third-order valence-corrected chi connectivity index (χ3v) is 4.13. The summed E-state index contributed by atoms with van der Waals surface area (Å²) >= 11 is 0. The quantitative estimate of drug-likeness (QED) is 0.676. The lowest BCUT2D eigenvalue weighted by molar-refractivity contribution is 0.0249. The van der Waals surface area contributed by atoms with Crippen LogP contribution in [-0.4, -0.2) is 32.5 Å². The Labute approximate surface area is 98.7 Å². The molecule has 0 aromatic carbocycles. The van der Waals surface area contributed by atoms with E-state index in [1.807, 2.05) is 6.92 Å². The van der Waals surface area contributed by atoms with Crippen LogP contribution in [0.25, 0.3) is 0 Å². The molecule has 2 aliphatic rings. The van der Waals surface area contributed by atoms with E-state index in [0.29, 0.717) is 6.10 Å². The van der Waals surface area contributed by atoms with E-state index in [-0.39, 0.29) is 5.41 Å². The predicted octanol–water partition coefficient (Wildman–Crippen LogP) is 1.95. The van der Waals surface area contributed by atoms with Gasteiger partial charge in [0, 0.05) is 31.8 Å². The fraction of sp³-hybridized carbons (Fsp3) is 1.00. The second-order valence-electron chi connectivity index (χ2n) is 5.25. The zero-order chi connectivity index (χ0) is 11.4. The molecule has 0 radical (unpaired) electrons. The highest BCUT2D eigenvalue weighted by Gasteiger charge is 2.49. The number of hydrogen-bond acceptors (Lipinski definition) is 3. The lowest BCUT2D eigenvalue weighted by Gasteiger charge is -2.33. The van der Waals surface area contributed by atoms with Gasteiger partial charge in [0.2, 0.25) is 0 Å². The maximum Gasteiger partial charge on any atom is 0.0672 e. The zero-order valence-electron chi connectivity index (χ0n) is 10.4. The van der Waals surface area contributed by atoms with Gasteiger partial charge in [-0.05, 0) is 44.9 Å². The second kappa shape index (κ2) is 5.48. The lowest BCUT2D eigenvalue weighted by Crippen LogP contribution is -2.39. The first-order valence-electron chi connectivity index (χ1n) is 6.72. The summed E-state index contributed by atoms with van der Waals surface area (Å²) in [7, 11) is 0. The van der Waals surface area contributed by atoms with Gasteiger partial charge in [-0.3, -0.25) is 0 Å². The molecule has 3 heteroatoms. The summed E-state index contributed by atoms with van der Waals surface area (Å²) in [6.45, 7) is 5.42. The molecule has 2 rings (SSSR count). The fourth-order valence-corrected chi connectivity index (χ4v) is 3.00. The molecule has 0 aromatic heterocycles. The molecule has 0 spiro atoms. The monoisotopic (exact) mass is 227 g/mol. The zero-order valence-corrected chi connectivity index (χ0v) is 10.4. The van der Waals surface area contributed by atoms with Crippen molar-refractivity contribution in [1.29, 1.82) is 0 Å². The molecule has 1 aliphatic carbocycles. The van der Waals surface area contributed by atoms with Crippen LogP contribution in [0.4, 0.5) is 0 Å². The normalized spacial score (nSPS) is 34.5. The van der Waals surface area contributed by atoms with E-state index in [1.54, 1.807) is 0 Å². The Balaban J connectivity index is 1.84. The van der Waals surface area contributed by atoms with Crippen molar-refractivity contribution in [2.45, 2.75) is 45.1 Å². The molecule has 2 fully saturated rings. The minimum absolute atomic E-state index is 0.262. The van der Waals surface area contributed by atoms with Crippen molar-refractivity contribution in [1.82, 2.24) is 0 Å². The van der Waals surface area contributed by atoms with Crippen LogP contribution in [0.5, 0.6) is 0 Å². The Kier molecular flexibility index (Phi) is 4.22. The van der Waals surface area contributed by atoms with Crippen LogP contribution >= 0.6 is 0 Å². The van der Waals surface area contributed by atoms with Crippen LogP contribution in [0.3, 0.4) is 0 Å². The van der Waals surface area contributed by atoms with E-state index in [0.717, 1.165) is 45.1 Å². The number of ether oxygens (including phenoxy) is 2. The van der Waals surface area contributed by atoms with Gasteiger partial charge in [0.15, 0.2) is 0 Å². The van der Waals surface area contributed by atoms with Crippen molar-refractivity contribution in [2.24, 2.45) is 17.1 Å². The largest absolute Gasteiger partial charge is 0.382 e. The molecule has 3 nitrogen and oxygen atoms in total. The molecule has 2 unspecified atom stereocenters. The molecule has 0 amide bonds. The highest BCUT2D eigenvalue weighted by Crippen LogP contribution is 2.49. The van der Waals surface area contributed by atoms with Crippen molar-refractivity contribution in [3.63, 3.8) is 0 Å². The molecular weight excluding hydrogens is 202 g/mol. The van der Waals surface area contributed by atoms with Crippen LogP contribution in [0, 0.1) is 11.3 Å². The Morgan fingerprint density at radius 1 is 1.44 bits per heavy atom. The molecule has 2 atom stereocenters. The summed E-state index contributed by atoms with van der Waals surface area (Å²) in [5, 5.41) is 0. The summed E-state index contributed by atoms with van der Waals surface area (Å²) in [6.07, 6.45) is 6.58. The molecule has 1 aliphatic heterocycles. The van der Waals surface area contributed by atoms with Crippen LogP contribution in [0.15, 0.2) is 0 Å². The van der Waals surface area contributed by atoms with E-state index in [1.165, 1.54) is 19.3 Å². The predicted molar refractivity (Wildman–Crippen MR) is 64.3 cm³/mol. The van der Waals surface area contributed by atoms with Crippen molar-refractivity contribution in [3.8, 4) is 0 Å². The molecule has 1 heterocycles. The fourth-order valence-electron chi connectivity index (χ4n) is 3.00. The standard InChI is InChI=1S/C13H25NO2/c1-2-15-8-3-6-13(10-14)7-9-16-12(13)11-4-5-11/h11-12H,2-10,14H2,1H3. The maximum absolute atomic E-state index is 6.02. The van der Waals surface area contributed by atoms with E-state index in [2.05, 4.69) is 0 Å². The van der Waals surface area contributed by atoms with Crippen molar-refractivity contribution in [3.05, 3.63) is 0 Å². The van der Waals surface area contributed by atoms with Crippen molar-refractivity contribution >= 4 is 0 Å². The summed E-state index contributed by atoms with van der Waals surface area (Å²) in [6, 6.07) is 0. The molecule has 94 valence electrons. The van der Waals surface area contributed by atoms with Gasteiger partial charge < -0.3 is 15.2 Å². The molecule has 2 N–H and O–H groups in total. The Hall–Kier alpha value is -0.120. The van der Waals surface area contributed by atoms with Gasteiger partial charge >= 0.3 is 0 Å². The summed E-state index contributed by atoms with van der Waals surface area (Å²) < 4.78 is 11.3. The highest BCUT2D eigenvalue weighted by molar-refractivity contribution is 4.99. The van der Waals surface area contributed by atoms with Gasteiger partial charge in [-0.15, -0.1) is 0 Å². The van der Waals surface area contributed by atoms with Gasteiger partial charge in [-0.1, -0.05) is 0 Å². The van der Waals surface area contributed by atoms with Crippen LogP contribution in [0.1, 0.15) is 39.0 Å². The Morgan fingerprint density at radius 3 is 2.88 bits per heavy atom. The summed E-state index contributed by atoms with van der Waals surface area (Å²) in [4.78, 5) is 0. The van der Waals surface area contributed by atoms with Gasteiger partial charge in [0.05, 0.1) is 6.10 Å². The second-order valence-corrected chi connectivity index (χ2v) is 5.25. The smallest absolute Gasteiger partial charge is 0.0672 e. The average Bonchev–Trinajstić information content (AvgIpc) is 3.06. The first-order valence-corrected chi connectivity index (χ1v) is 6.72. The van der Waals surface area contributed by atoms with E-state index in [4.69, 9.17) is 15.2 Å². The minimum Gasteiger partial charge on any atom is -0.382 e. The number of hydrogen-bond donors (Lipinski definition) is 1. The average molecular weight is 227 g/mol. The number of rotatable bonds is 7. The van der Waals surface area contributed by atoms with Gasteiger partial charge in [-0.25, -0.2) is 0 Å². The van der Waals surface area contributed by atoms with Crippen molar-refractivity contribution < 1.29 is 9.47 Å². The SMILES string of the molecule is CCOCCCC1(CN)CCOC1C1CC1. The van der Waals surface area contributed by atoms with E-state index >= 15 is 0 Å². The third kappa shape index (κ3) is 2.58. The molecule has 1 saturated heterocycles. The maximum atomic E-state index is 6.02. The number of nitrogens with two attached hydrogens (primary N) is 1. The van der Waals surface area contributed by atoms with Gasteiger partial charge in [-0.2, -0.15) is 0 Å². The molecule has 0 aromatic rings. The van der Waals surface area contributed by atoms with E-state index in [9.17, 15) is 0 Å². The first kappa shape index (κ1) is 12.3. The Bertz CT molecular complexity index is 218. The summed E-state index contributed by atoms with van der Waals surface area (Å²) in [5.74, 6) is 0.804. The third-order valence-electron chi connectivity index (χ3n) is 4.13. The lowest BCUT2D eigenvalue weighted by atomic mass is 9.75. The molecule has 16 heavy (non-hydrogen) atoms. The Morgan fingerprint density at radius 2 is 2.25 bits per heavy atom. The van der Waals surface area contributed by atoms with E-state index < -0.39 is 0 Å². The molecular formula is C13H25NO2. The molecule has 1 saturated carbocycles. The van der Waals surface area contributed by atoms with Crippen LogP contribution < -0.4 is 5.73 Å². The summed E-state index contributed by atoms with van der Waals surface area (Å²) in [5.41, 5.74) is 6.28. The van der Waals surface area contributed by atoms with Crippen molar-refractivity contribution in [2.75, 3.05) is 26.4 Å². The first-order chi connectivity index (χ1) is 7.82. The molecule has 0 bridgehead atoms. The highest BCUT2D eigenvalue weighted by atomic mass is 16.5. The topological polar surface area (TPSA) is 44.5 Å². The van der Waals surface area contributed by atoms with Gasteiger partial charge in [0.25, 0.3) is 0 Å². The van der Waals surface area contributed by atoms with Crippen LogP contribution in [0.2, 0.25) is 0 Å². The van der Waals surface area contributed by atoms with Gasteiger partial charge in [0.1, 0.15) is 0 Å². The minimum atomic E-state index is 0.262.